The molecule has 0 bridgehead atoms. The first-order chi connectivity index (χ1) is 9.70. The average molecular weight is 271 g/mol. The number of hydrogen-bond acceptors (Lipinski definition) is 3. The van der Waals surface area contributed by atoms with E-state index in [1.165, 1.54) is 5.56 Å². The third kappa shape index (κ3) is 3.82. The van der Waals surface area contributed by atoms with Gasteiger partial charge < -0.3 is 4.90 Å². The van der Waals surface area contributed by atoms with Gasteiger partial charge in [-0.05, 0) is 5.56 Å². The third-order valence-electron chi connectivity index (χ3n) is 3.75. The zero-order valence-electron chi connectivity index (χ0n) is 12.0. The fourth-order valence-corrected chi connectivity index (χ4v) is 2.50. The summed E-state index contributed by atoms with van der Waals surface area (Å²) in [7, 11) is 0. The highest BCUT2D eigenvalue weighted by Crippen LogP contribution is 2.12. The third-order valence-corrected chi connectivity index (χ3v) is 3.75. The van der Waals surface area contributed by atoms with Gasteiger partial charge in [0.2, 0.25) is 5.91 Å². The Kier molecular flexibility index (Phi) is 5.14. The molecule has 1 aliphatic heterocycles. The summed E-state index contributed by atoms with van der Waals surface area (Å²) < 4.78 is 0. The molecule has 2 rings (SSSR count). The standard InChI is InChI=1S/C16H21N3O/c1-14(7-8-17)16(20)19-11-9-18(10-12-19)13-15-5-3-2-4-6-15/h2-6,14H,7,9-13H2,1H3. The van der Waals surface area contributed by atoms with Gasteiger partial charge >= 0.3 is 0 Å². The fraction of sp³-hybridized carbons (Fsp3) is 0.500. The minimum atomic E-state index is -0.180. The summed E-state index contributed by atoms with van der Waals surface area (Å²) in [5.41, 5.74) is 1.31. The molecule has 1 unspecified atom stereocenters. The Morgan fingerprint density at radius 2 is 1.90 bits per heavy atom. The van der Waals surface area contributed by atoms with Crippen molar-refractivity contribution in [3.05, 3.63) is 35.9 Å². The van der Waals surface area contributed by atoms with Crippen molar-refractivity contribution in [3.8, 4) is 6.07 Å². The zero-order chi connectivity index (χ0) is 14.4. The fourth-order valence-electron chi connectivity index (χ4n) is 2.50. The lowest BCUT2D eigenvalue weighted by Gasteiger charge is -2.35. The number of carbonyl (C=O) groups is 1. The Hall–Kier alpha value is -1.86. The van der Waals surface area contributed by atoms with Crippen LogP contribution in [0.2, 0.25) is 0 Å². The van der Waals surface area contributed by atoms with E-state index in [-0.39, 0.29) is 11.8 Å². The van der Waals surface area contributed by atoms with Crippen molar-refractivity contribution < 1.29 is 4.79 Å². The number of nitrogens with zero attached hydrogens (tertiary/aromatic N) is 3. The van der Waals surface area contributed by atoms with Gasteiger partial charge in [-0.3, -0.25) is 9.69 Å². The molecule has 4 nitrogen and oxygen atoms in total. The van der Waals surface area contributed by atoms with Crippen molar-refractivity contribution in [1.29, 1.82) is 5.26 Å². The molecule has 20 heavy (non-hydrogen) atoms. The lowest BCUT2D eigenvalue weighted by Crippen LogP contribution is -2.49. The molecule has 1 saturated heterocycles. The second-order valence-electron chi connectivity index (χ2n) is 5.35. The van der Waals surface area contributed by atoms with E-state index < -0.39 is 0 Å². The van der Waals surface area contributed by atoms with Crippen molar-refractivity contribution in [2.45, 2.75) is 19.9 Å². The van der Waals surface area contributed by atoms with E-state index >= 15 is 0 Å². The molecule has 0 spiro atoms. The Labute approximate surface area is 120 Å². The van der Waals surface area contributed by atoms with Gasteiger partial charge in [0.05, 0.1) is 6.07 Å². The Bertz CT molecular complexity index is 472. The largest absolute Gasteiger partial charge is 0.340 e. The number of benzene rings is 1. The molecule has 1 fully saturated rings. The summed E-state index contributed by atoms with van der Waals surface area (Å²) >= 11 is 0. The van der Waals surface area contributed by atoms with Crippen LogP contribution in [-0.2, 0) is 11.3 Å². The second kappa shape index (κ2) is 7.06. The molecule has 106 valence electrons. The van der Waals surface area contributed by atoms with Gasteiger partial charge in [-0.2, -0.15) is 5.26 Å². The van der Waals surface area contributed by atoms with Crippen LogP contribution in [0, 0.1) is 17.2 Å². The minimum Gasteiger partial charge on any atom is -0.340 e. The first kappa shape index (κ1) is 14.5. The number of carbonyl (C=O) groups excluding carboxylic acids is 1. The van der Waals surface area contributed by atoms with Crippen LogP contribution in [-0.4, -0.2) is 41.9 Å². The van der Waals surface area contributed by atoms with Crippen LogP contribution < -0.4 is 0 Å². The molecule has 0 aliphatic carbocycles. The highest BCUT2D eigenvalue weighted by atomic mass is 16.2. The van der Waals surface area contributed by atoms with Crippen LogP contribution in [0.1, 0.15) is 18.9 Å². The Morgan fingerprint density at radius 1 is 1.25 bits per heavy atom. The predicted molar refractivity (Wildman–Crippen MR) is 77.7 cm³/mol. The maximum absolute atomic E-state index is 12.1. The van der Waals surface area contributed by atoms with Crippen molar-refractivity contribution in [2.75, 3.05) is 26.2 Å². The molecule has 0 aromatic heterocycles. The summed E-state index contributed by atoms with van der Waals surface area (Å²) in [5, 5.41) is 8.66. The van der Waals surface area contributed by atoms with Gasteiger partial charge in [0.1, 0.15) is 0 Å². The molecule has 0 radical (unpaired) electrons. The average Bonchev–Trinajstić information content (AvgIpc) is 2.48. The maximum Gasteiger partial charge on any atom is 0.226 e. The van der Waals surface area contributed by atoms with Gasteiger partial charge in [-0.15, -0.1) is 0 Å². The number of hydrogen-bond donors (Lipinski definition) is 0. The number of rotatable bonds is 4. The molecule has 1 aromatic rings. The monoisotopic (exact) mass is 271 g/mol. The summed E-state index contributed by atoms with van der Waals surface area (Å²) in [6.45, 7) is 6.11. The molecule has 0 saturated carbocycles. The molecule has 1 aliphatic rings. The van der Waals surface area contributed by atoms with Crippen molar-refractivity contribution in [1.82, 2.24) is 9.80 Å². The van der Waals surface area contributed by atoms with Gasteiger partial charge in [-0.25, -0.2) is 0 Å². The molecule has 1 amide bonds. The summed E-state index contributed by atoms with van der Waals surface area (Å²) in [5.74, 6) is -0.0633. The highest BCUT2D eigenvalue weighted by molar-refractivity contribution is 5.78. The van der Waals surface area contributed by atoms with Crippen LogP contribution in [0.5, 0.6) is 0 Å². The van der Waals surface area contributed by atoms with E-state index in [1.807, 2.05) is 17.9 Å². The van der Waals surface area contributed by atoms with Crippen molar-refractivity contribution in [3.63, 3.8) is 0 Å². The van der Waals surface area contributed by atoms with E-state index in [1.54, 1.807) is 0 Å². The summed E-state index contributed by atoms with van der Waals surface area (Å²) in [4.78, 5) is 16.4. The van der Waals surface area contributed by atoms with Crippen molar-refractivity contribution >= 4 is 5.91 Å². The quantitative estimate of drug-likeness (QED) is 0.840. The normalized spacial score (nSPS) is 17.5. The summed E-state index contributed by atoms with van der Waals surface area (Å²) in [6.07, 6.45) is 0.309. The lowest BCUT2D eigenvalue weighted by atomic mass is 10.1. The molecular formula is C16H21N3O. The van der Waals surface area contributed by atoms with E-state index in [2.05, 4.69) is 35.2 Å². The first-order valence-corrected chi connectivity index (χ1v) is 7.12. The highest BCUT2D eigenvalue weighted by Gasteiger charge is 2.24. The molecule has 0 N–H and O–H groups in total. The smallest absolute Gasteiger partial charge is 0.226 e. The van der Waals surface area contributed by atoms with Crippen molar-refractivity contribution in [2.24, 2.45) is 5.92 Å². The Balaban J connectivity index is 1.81. The van der Waals surface area contributed by atoms with Gasteiger partial charge in [0, 0.05) is 45.1 Å². The Morgan fingerprint density at radius 3 is 2.50 bits per heavy atom. The molecule has 1 aromatic carbocycles. The van der Waals surface area contributed by atoms with Crippen LogP contribution in [0.4, 0.5) is 0 Å². The van der Waals surface area contributed by atoms with E-state index in [0.29, 0.717) is 6.42 Å². The SMILES string of the molecule is CC(CC#N)C(=O)N1CCN(Cc2ccccc2)CC1. The molecule has 1 heterocycles. The number of piperazine rings is 1. The maximum atomic E-state index is 12.1. The van der Waals surface area contributed by atoms with Gasteiger partial charge in [0.15, 0.2) is 0 Å². The van der Waals surface area contributed by atoms with E-state index in [4.69, 9.17) is 5.26 Å². The molecular weight excluding hydrogens is 250 g/mol. The zero-order valence-corrected chi connectivity index (χ0v) is 12.0. The predicted octanol–water partition coefficient (Wildman–Crippen LogP) is 1.88. The molecule has 1 atom stereocenters. The van der Waals surface area contributed by atoms with E-state index in [9.17, 15) is 4.79 Å². The van der Waals surface area contributed by atoms with Crippen LogP contribution in [0.25, 0.3) is 0 Å². The van der Waals surface area contributed by atoms with Crippen LogP contribution in [0.3, 0.4) is 0 Å². The van der Waals surface area contributed by atoms with Crippen LogP contribution >= 0.6 is 0 Å². The minimum absolute atomic E-state index is 0.117. The number of nitriles is 1. The molecule has 4 heteroatoms. The lowest BCUT2D eigenvalue weighted by molar-refractivity contribution is -0.136. The van der Waals surface area contributed by atoms with Gasteiger partial charge in [-0.1, -0.05) is 37.3 Å². The number of amides is 1. The first-order valence-electron chi connectivity index (χ1n) is 7.12. The second-order valence-corrected chi connectivity index (χ2v) is 5.35. The topological polar surface area (TPSA) is 47.3 Å². The van der Waals surface area contributed by atoms with E-state index in [0.717, 1.165) is 32.7 Å². The summed E-state index contributed by atoms with van der Waals surface area (Å²) in [6, 6.07) is 12.5. The van der Waals surface area contributed by atoms with Gasteiger partial charge in [0.25, 0.3) is 0 Å². The van der Waals surface area contributed by atoms with Crippen LogP contribution in [0.15, 0.2) is 30.3 Å².